The van der Waals surface area contributed by atoms with Crippen LogP contribution in [0.2, 0.25) is 0 Å². The fraction of sp³-hybridized carbons (Fsp3) is 0.160. The molecule has 0 radical (unpaired) electrons. The number of alkyl halides is 3. The minimum atomic E-state index is -4.43. The largest absolute Gasteiger partial charge is 0.497 e. The van der Waals surface area contributed by atoms with Crippen molar-refractivity contribution in [3.63, 3.8) is 0 Å². The predicted octanol–water partition coefficient (Wildman–Crippen LogP) is 6.92. The van der Waals surface area contributed by atoms with Gasteiger partial charge in [0.1, 0.15) is 17.1 Å². The summed E-state index contributed by atoms with van der Waals surface area (Å²) >= 11 is 0. The number of nitrogens with zero attached hydrogens (tertiary/aromatic N) is 1. The number of methoxy groups -OCH3 is 1. The Hall–Kier alpha value is -3.54. The van der Waals surface area contributed by atoms with Gasteiger partial charge in [-0.1, -0.05) is 19.1 Å². The van der Waals surface area contributed by atoms with E-state index in [1.54, 1.807) is 19.2 Å². The Kier molecular flexibility index (Phi) is 5.55. The van der Waals surface area contributed by atoms with Crippen molar-refractivity contribution in [3.05, 3.63) is 89.3 Å². The summed E-state index contributed by atoms with van der Waals surface area (Å²) in [6.07, 6.45) is -3.61. The molecule has 0 aliphatic rings. The van der Waals surface area contributed by atoms with E-state index in [0.717, 1.165) is 35.1 Å². The number of ether oxygens (including phenoxy) is 1. The number of fused-ring (bicyclic) bond motifs is 1. The average Bonchev–Trinajstić information content (AvgIpc) is 2.78. The van der Waals surface area contributed by atoms with E-state index < -0.39 is 11.7 Å². The van der Waals surface area contributed by atoms with Gasteiger partial charge in [0.15, 0.2) is 0 Å². The van der Waals surface area contributed by atoms with Crippen LogP contribution in [0.4, 0.5) is 18.9 Å². The van der Waals surface area contributed by atoms with E-state index in [4.69, 9.17) is 9.15 Å². The highest BCUT2D eigenvalue weighted by Crippen LogP contribution is 2.31. The number of hydrogen-bond acceptors (Lipinski definition) is 3. The Balaban J connectivity index is 1.94. The molecule has 0 spiro atoms. The third-order valence-corrected chi connectivity index (χ3v) is 5.01. The molecule has 3 nitrogen and oxygen atoms in total. The summed E-state index contributed by atoms with van der Waals surface area (Å²) in [5, 5.41) is 1.29. The molecule has 4 aromatic rings. The van der Waals surface area contributed by atoms with Crippen molar-refractivity contribution in [2.75, 3.05) is 7.11 Å². The maximum absolute atomic E-state index is 13.1. The summed E-state index contributed by atoms with van der Waals surface area (Å²) in [7, 11) is 1.59. The van der Waals surface area contributed by atoms with Gasteiger partial charge < -0.3 is 9.15 Å². The molecule has 31 heavy (non-hydrogen) atoms. The van der Waals surface area contributed by atoms with Gasteiger partial charge in [-0.05, 0) is 66.6 Å². The van der Waals surface area contributed by atoms with Crippen molar-refractivity contribution in [2.45, 2.75) is 19.5 Å². The summed E-state index contributed by atoms with van der Waals surface area (Å²) in [4.78, 5) is 4.55. The Morgan fingerprint density at radius 2 is 1.71 bits per heavy atom. The molecule has 3 aromatic carbocycles. The monoisotopic (exact) mass is 423 g/mol. The second-order valence-corrected chi connectivity index (χ2v) is 7.07. The first-order valence-corrected chi connectivity index (χ1v) is 9.80. The number of halogens is 3. The Morgan fingerprint density at radius 3 is 2.39 bits per heavy atom. The zero-order valence-electron chi connectivity index (χ0n) is 17.0. The van der Waals surface area contributed by atoms with Crippen molar-refractivity contribution in [3.8, 4) is 17.1 Å². The third kappa shape index (κ3) is 4.48. The number of rotatable bonds is 4. The van der Waals surface area contributed by atoms with Gasteiger partial charge in [-0.3, -0.25) is 0 Å². The highest BCUT2D eigenvalue weighted by Gasteiger charge is 2.30. The fourth-order valence-electron chi connectivity index (χ4n) is 3.32. The lowest BCUT2D eigenvalue weighted by molar-refractivity contribution is -0.137. The Labute approximate surface area is 177 Å². The summed E-state index contributed by atoms with van der Waals surface area (Å²) in [5.74, 6) is 1.27. The molecule has 0 aliphatic carbocycles. The number of hydrogen-bond donors (Lipinski definition) is 0. The molecule has 0 atom stereocenters. The molecule has 1 aromatic heterocycles. The highest BCUT2D eigenvalue weighted by atomic mass is 19.4. The zero-order chi connectivity index (χ0) is 22.0. The van der Waals surface area contributed by atoms with E-state index in [0.29, 0.717) is 22.5 Å². The van der Waals surface area contributed by atoms with Gasteiger partial charge in [-0.2, -0.15) is 13.2 Å². The quantitative estimate of drug-likeness (QED) is 0.357. The van der Waals surface area contributed by atoms with Gasteiger partial charge in [0, 0.05) is 17.0 Å². The Morgan fingerprint density at radius 1 is 0.935 bits per heavy atom. The molecular formula is C25H20F3NO2. The fourth-order valence-corrected chi connectivity index (χ4v) is 3.32. The topological polar surface area (TPSA) is 34.7 Å². The average molecular weight is 423 g/mol. The SMILES string of the molecule is CCc1ccc2oc(-c3ccc(OC)cc3)cc(=Nc3cccc(C(F)(F)F)c3)c2c1. The first kappa shape index (κ1) is 20.7. The van der Waals surface area contributed by atoms with E-state index in [1.807, 2.05) is 49.4 Å². The van der Waals surface area contributed by atoms with Crippen molar-refractivity contribution >= 4 is 16.7 Å². The summed E-state index contributed by atoms with van der Waals surface area (Å²) < 4.78 is 50.7. The number of aryl methyl sites for hydroxylation is 1. The molecule has 158 valence electrons. The van der Waals surface area contributed by atoms with Crippen molar-refractivity contribution in [2.24, 2.45) is 4.99 Å². The molecule has 0 bridgehead atoms. The summed E-state index contributed by atoms with van der Waals surface area (Å²) in [5.41, 5.74) is 1.99. The highest BCUT2D eigenvalue weighted by molar-refractivity contribution is 5.79. The lowest BCUT2D eigenvalue weighted by Gasteiger charge is -2.08. The molecule has 0 amide bonds. The van der Waals surface area contributed by atoms with Gasteiger partial charge in [0.25, 0.3) is 0 Å². The van der Waals surface area contributed by atoms with Crippen LogP contribution in [0.15, 0.2) is 82.2 Å². The Bertz CT molecular complexity index is 1290. The van der Waals surface area contributed by atoms with Crippen LogP contribution in [-0.2, 0) is 12.6 Å². The van der Waals surface area contributed by atoms with Crippen molar-refractivity contribution in [1.29, 1.82) is 0 Å². The van der Waals surface area contributed by atoms with E-state index in [1.165, 1.54) is 6.07 Å². The second-order valence-electron chi connectivity index (χ2n) is 7.07. The molecule has 1 heterocycles. The van der Waals surface area contributed by atoms with E-state index in [2.05, 4.69) is 4.99 Å². The second kappa shape index (κ2) is 8.30. The smallest absolute Gasteiger partial charge is 0.416 e. The maximum atomic E-state index is 13.1. The predicted molar refractivity (Wildman–Crippen MR) is 114 cm³/mol. The van der Waals surface area contributed by atoms with Crippen LogP contribution < -0.4 is 10.1 Å². The van der Waals surface area contributed by atoms with Crippen molar-refractivity contribution < 1.29 is 22.3 Å². The van der Waals surface area contributed by atoms with Gasteiger partial charge in [-0.15, -0.1) is 0 Å². The van der Waals surface area contributed by atoms with Gasteiger partial charge in [0.2, 0.25) is 0 Å². The molecule has 0 fully saturated rings. The van der Waals surface area contributed by atoms with Crippen LogP contribution in [0.25, 0.3) is 22.3 Å². The minimum Gasteiger partial charge on any atom is -0.497 e. The molecule has 0 saturated carbocycles. The lowest BCUT2D eigenvalue weighted by Crippen LogP contribution is -2.06. The summed E-state index contributed by atoms with van der Waals surface area (Å²) in [6, 6.07) is 19.9. The first-order chi connectivity index (χ1) is 14.9. The molecular weight excluding hydrogens is 403 g/mol. The molecule has 0 aliphatic heterocycles. The van der Waals surface area contributed by atoms with Gasteiger partial charge in [0.05, 0.1) is 23.7 Å². The molecule has 0 unspecified atom stereocenters. The zero-order valence-corrected chi connectivity index (χ0v) is 17.0. The van der Waals surface area contributed by atoms with E-state index in [-0.39, 0.29) is 5.69 Å². The van der Waals surface area contributed by atoms with Crippen LogP contribution in [-0.4, -0.2) is 7.11 Å². The van der Waals surface area contributed by atoms with Gasteiger partial charge >= 0.3 is 6.18 Å². The molecule has 0 N–H and O–H groups in total. The maximum Gasteiger partial charge on any atom is 0.416 e. The minimum absolute atomic E-state index is 0.227. The standard InChI is InChI=1S/C25H20F3NO2/c1-3-16-7-12-23-21(13-16)22(29-19-6-4-5-18(14-19)25(26,27)28)15-24(31-23)17-8-10-20(30-2)11-9-17/h4-15H,3H2,1-2H3. The first-order valence-electron chi connectivity index (χ1n) is 9.80. The van der Waals surface area contributed by atoms with Gasteiger partial charge in [-0.25, -0.2) is 4.99 Å². The molecule has 0 saturated heterocycles. The van der Waals surface area contributed by atoms with E-state index in [9.17, 15) is 13.2 Å². The van der Waals surface area contributed by atoms with Crippen LogP contribution in [0.5, 0.6) is 5.75 Å². The normalized spacial score (nSPS) is 12.4. The van der Waals surface area contributed by atoms with Crippen LogP contribution in [0.1, 0.15) is 18.1 Å². The van der Waals surface area contributed by atoms with E-state index >= 15 is 0 Å². The third-order valence-electron chi connectivity index (χ3n) is 5.01. The van der Waals surface area contributed by atoms with Crippen molar-refractivity contribution in [1.82, 2.24) is 0 Å². The lowest BCUT2D eigenvalue weighted by atomic mass is 10.1. The molecule has 6 heteroatoms. The van der Waals surface area contributed by atoms with Crippen LogP contribution in [0.3, 0.4) is 0 Å². The summed E-state index contributed by atoms with van der Waals surface area (Å²) in [6.45, 7) is 2.04. The number of benzene rings is 3. The van der Waals surface area contributed by atoms with Crippen LogP contribution >= 0.6 is 0 Å². The molecule has 4 rings (SSSR count). The van der Waals surface area contributed by atoms with Crippen LogP contribution in [0, 0.1) is 0 Å².